The number of fused-ring (bicyclic) bond motifs is 1. The van der Waals surface area contributed by atoms with Gasteiger partial charge in [-0.05, 0) is 24.5 Å². The van der Waals surface area contributed by atoms with E-state index in [1.54, 1.807) is 12.3 Å². The van der Waals surface area contributed by atoms with Crippen LogP contribution in [-0.4, -0.2) is 41.9 Å². The number of carboxylic acids is 1. The predicted molar refractivity (Wildman–Crippen MR) is 86.3 cm³/mol. The molecule has 6 nitrogen and oxygen atoms in total. The van der Waals surface area contributed by atoms with Crippen molar-refractivity contribution in [3.8, 4) is 0 Å². The summed E-state index contributed by atoms with van der Waals surface area (Å²) in [5, 5.41) is 9.91. The first-order valence-electron chi connectivity index (χ1n) is 7.50. The maximum Gasteiger partial charge on any atom is 0.306 e. The number of aliphatic carboxylic acids is 1. The predicted octanol–water partition coefficient (Wildman–Crippen LogP) is 1.86. The van der Waals surface area contributed by atoms with Crippen molar-refractivity contribution in [2.24, 2.45) is 5.92 Å². The van der Waals surface area contributed by atoms with E-state index in [1.165, 1.54) is 4.31 Å². The van der Waals surface area contributed by atoms with Crippen LogP contribution in [0.25, 0.3) is 10.9 Å². The molecule has 0 saturated carbocycles. The van der Waals surface area contributed by atoms with E-state index >= 15 is 0 Å². The zero-order chi connectivity index (χ0) is 16.4. The summed E-state index contributed by atoms with van der Waals surface area (Å²) in [6.07, 6.45) is 2.38. The third-order valence-electron chi connectivity index (χ3n) is 4.25. The van der Waals surface area contributed by atoms with Crippen molar-refractivity contribution in [1.29, 1.82) is 0 Å². The average Bonchev–Trinajstić information content (AvgIpc) is 2.55. The number of sulfonamides is 1. The molecule has 1 saturated heterocycles. The molecule has 2 heterocycles. The first-order chi connectivity index (χ1) is 11.0. The largest absolute Gasteiger partial charge is 0.481 e. The van der Waals surface area contributed by atoms with Gasteiger partial charge in [0.05, 0.1) is 17.2 Å². The van der Waals surface area contributed by atoms with E-state index in [9.17, 15) is 13.2 Å². The Balaban J connectivity index is 1.80. The number of aromatic nitrogens is 1. The molecule has 1 fully saturated rings. The summed E-state index contributed by atoms with van der Waals surface area (Å²) in [4.78, 5) is 15.3. The highest BCUT2D eigenvalue weighted by Crippen LogP contribution is 2.24. The second-order valence-electron chi connectivity index (χ2n) is 5.76. The van der Waals surface area contributed by atoms with Crippen LogP contribution >= 0.6 is 0 Å². The van der Waals surface area contributed by atoms with Gasteiger partial charge >= 0.3 is 5.97 Å². The van der Waals surface area contributed by atoms with Gasteiger partial charge < -0.3 is 5.11 Å². The van der Waals surface area contributed by atoms with Crippen LogP contribution in [0.1, 0.15) is 18.4 Å². The Morgan fingerprint density at radius 1 is 1.22 bits per heavy atom. The maximum absolute atomic E-state index is 12.6. The summed E-state index contributed by atoms with van der Waals surface area (Å²) in [6.45, 7) is 0.523. The normalized spacial score (nSPS) is 17.4. The molecule has 0 aliphatic carbocycles. The highest BCUT2D eigenvalue weighted by Gasteiger charge is 2.31. The minimum absolute atomic E-state index is 0.112. The van der Waals surface area contributed by atoms with E-state index in [2.05, 4.69) is 4.98 Å². The van der Waals surface area contributed by atoms with Crippen LogP contribution < -0.4 is 0 Å². The molecule has 1 aromatic heterocycles. The number of carboxylic acid groups (broad SMARTS) is 1. The third-order valence-corrected chi connectivity index (χ3v) is 6.08. The van der Waals surface area contributed by atoms with Crippen molar-refractivity contribution in [2.75, 3.05) is 13.1 Å². The topological polar surface area (TPSA) is 87.6 Å². The zero-order valence-corrected chi connectivity index (χ0v) is 13.4. The first kappa shape index (κ1) is 15.9. The number of benzene rings is 1. The molecule has 3 rings (SSSR count). The molecular formula is C16H18N2O4S. The van der Waals surface area contributed by atoms with Gasteiger partial charge in [0, 0.05) is 24.7 Å². The summed E-state index contributed by atoms with van der Waals surface area (Å²) in [6, 6.07) is 9.22. The van der Waals surface area contributed by atoms with Crippen LogP contribution in [0.3, 0.4) is 0 Å². The van der Waals surface area contributed by atoms with Gasteiger partial charge in [0.25, 0.3) is 0 Å². The lowest BCUT2D eigenvalue weighted by atomic mass is 9.99. The molecule has 7 heteroatoms. The number of rotatable bonds is 4. The monoisotopic (exact) mass is 334 g/mol. The molecular weight excluding hydrogens is 316 g/mol. The van der Waals surface area contributed by atoms with E-state index < -0.39 is 21.9 Å². The lowest BCUT2D eigenvalue weighted by molar-refractivity contribution is -0.142. The van der Waals surface area contributed by atoms with Gasteiger partial charge in [-0.15, -0.1) is 0 Å². The van der Waals surface area contributed by atoms with Gasteiger partial charge in [0.15, 0.2) is 0 Å². The van der Waals surface area contributed by atoms with Gasteiger partial charge in [-0.3, -0.25) is 9.78 Å². The van der Waals surface area contributed by atoms with Crippen LogP contribution in [0.2, 0.25) is 0 Å². The zero-order valence-electron chi connectivity index (χ0n) is 12.6. The van der Waals surface area contributed by atoms with Crippen molar-refractivity contribution in [3.05, 3.63) is 42.1 Å². The molecule has 23 heavy (non-hydrogen) atoms. The van der Waals surface area contributed by atoms with E-state index in [0.29, 0.717) is 23.9 Å². The van der Waals surface area contributed by atoms with Crippen LogP contribution in [0.15, 0.2) is 36.5 Å². The lowest BCUT2D eigenvalue weighted by Gasteiger charge is -2.29. The molecule has 1 aliphatic heterocycles. The lowest BCUT2D eigenvalue weighted by Crippen LogP contribution is -2.40. The van der Waals surface area contributed by atoms with Crippen molar-refractivity contribution in [3.63, 3.8) is 0 Å². The number of pyridine rings is 1. The molecule has 0 spiro atoms. The van der Waals surface area contributed by atoms with E-state index in [1.807, 2.05) is 24.3 Å². The van der Waals surface area contributed by atoms with E-state index in [4.69, 9.17) is 5.11 Å². The number of carbonyl (C=O) groups is 1. The quantitative estimate of drug-likeness (QED) is 0.922. The molecule has 2 aromatic rings. The molecule has 0 atom stereocenters. The maximum atomic E-state index is 12.6. The van der Waals surface area contributed by atoms with Gasteiger partial charge in [-0.2, -0.15) is 0 Å². The van der Waals surface area contributed by atoms with E-state index in [0.717, 1.165) is 5.39 Å². The summed E-state index contributed by atoms with van der Waals surface area (Å²) >= 11 is 0. The fourth-order valence-electron chi connectivity index (χ4n) is 2.95. The van der Waals surface area contributed by atoms with E-state index in [-0.39, 0.29) is 18.8 Å². The summed E-state index contributed by atoms with van der Waals surface area (Å²) in [5.41, 5.74) is 1.36. The summed E-state index contributed by atoms with van der Waals surface area (Å²) in [7, 11) is -3.48. The van der Waals surface area contributed by atoms with Crippen molar-refractivity contribution in [1.82, 2.24) is 9.29 Å². The van der Waals surface area contributed by atoms with Crippen molar-refractivity contribution >= 4 is 26.9 Å². The number of piperidine rings is 1. The minimum atomic E-state index is -3.48. The molecule has 1 aliphatic rings. The van der Waals surface area contributed by atoms with Gasteiger partial charge in [0.2, 0.25) is 10.0 Å². The van der Waals surface area contributed by atoms with Crippen LogP contribution in [0.4, 0.5) is 0 Å². The molecule has 1 aromatic carbocycles. The molecule has 122 valence electrons. The Hall–Kier alpha value is -1.99. The summed E-state index contributed by atoms with van der Waals surface area (Å²) < 4.78 is 26.6. The second-order valence-corrected chi connectivity index (χ2v) is 7.73. The first-order valence-corrected chi connectivity index (χ1v) is 9.11. The molecule has 0 bridgehead atoms. The summed E-state index contributed by atoms with van der Waals surface area (Å²) in [5.74, 6) is -1.40. The smallest absolute Gasteiger partial charge is 0.306 e. The Morgan fingerprint density at radius 3 is 2.61 bits per heavy atom. The number of hydrogen-bond acceptors (Lipinski definition) is 4. The Labute approximate surface area is 134 Å². The molecule has 0 unspecified atom stereocenters. The standard InChI is InChI=1S/C16H18N2O4S/c19-16(20)13-6-9-18(10-7-13)23(21,22)11-14-4-1-3-12-5-2-8-17-15(12)14/h1-5,8,13H,6-7,9-11H2,(H,19,20). The minimum Gasteiger partial charge on any atom is -0.481 e. The second kappa shape index (κ2) is 6.25. The SMILES string of the molecule is O=C(O)C1CCN(S(=O)(=O)Cc2cccc3cccnc23)CC1. The van der Waals surface area contributed by atoms with Gasteiger partial charge in [-0.1, -0.05) is 24.3 Å². The van der Waals surface area contributed by atoms with Crippen LogP contribution in [0, 0.1) is 5.92 Å². The van der Waals surface area contributed by atoms with Crippen LogP contribution in [-0.2, 0) is 20.6 Å². The fourth-order valence-corrected chi connectivity index (χ4v) is 4.53. The number of hydrogen-bond donors (Lipinski definition) is 1. The fraction of sp³-hybridized carbons (Fsp3) is 0.375. The highest BCUT2D eigenvalue weighted by molar-refractivity contribution is 7.88. The molecule has 0 amide bonds. The molecule has 0 radical (unpaired) electrons. The third kappa shape index (κ3) is 3.35. The average molecular weight is 334 g/mol. The number of para-hydroxylation sites is 1. The van der Waals surface area contributed by atoms with Crippen molar-refractivity contribution < 1.29 is 18.3 Å². The van der Waals surface area contributed by atoms with Crippen LogP contribution in [0.5, 0.6) is 0 Å². The Morgan fingerprint density at radius 2 is 1.91 bits per heavy atom. The van der Waals surface area contributed by atoms with Gasteiger partial charge in [-0.25, -0.2) is 12.7 Å². The number of nitrogens with zero attached hydrogens (tertiary/aromatic N) is 2. The highest BCUT2D eigenvalue weighted by atomic mass is 32.2. The van der Waals surface area contributed by atoms with Gasteiger partial charge in [0.1, 0.15) is 0 Å². The Bertz CT molecular complexity index is 822. The Kier molecular flexibility index (Phi) is 4.32. The molecule has 1 N–H and O–H groups in total. The van der Waals surface area contributed by atoms with Crippen molar-refractivity contribution in [2.45, 2.75) is 18.6 Å².